The van der Waals surface area contributed by atoms with Gasteiger partial charge in [-0.05, 0) is 27.7 Å². The Bertz CT molecular complexity index is 279. The van der Waals surface area contributed by atoms with Crippen LogP contribution in [0.3, 0.4) is 0 Å². The lowest BCUT2D eigenvalue weighted by molar-refractivity contribution is -0.124. The third-order valence-electron chi connectivity index (χ3n) is 1.54. The summed E-state index contributed by atoms with van der Waals surface area (Å²) in [5.41, 5.74) is 0. The van der Waals surface area contributed by atoms with Crippen molar-refractivity contribution >= 4 is 20.1 Å². The Kier molecular flexibility index (Phi) is 8.62. The van der Waals surface area contributed by atoms with E-state index in [1.807, 2.05) is 0 Å². The van der Waals surface area contributed by atoms with E-state index < -0.39 is 8.25 Å². The summed E-state index contributed by atoms with van der Waals surface area (Å²) in [5, 5.41) is 5.14. The number of hydrogen-bond donors (Lipinski definition) is 2. The Morgan fingerprint density at radius 3 is 1.56 bits per heavy atom. The first kappa shape index (κ1) is 17.1. The smallest absolute Gasteiger partial charge is 0.320 e. The van der Waals surface area contributed by atoms with Gasteiger partial charge in [-0.25, -0.2) is 0 Å². The summed E-state index contributed by atoms with van der Waals surface area (Å²) in [5.74, 6) is -0.753. The molecule has 0 bridgehead atoms. The summed E-state index contributed by atoms with van der Waals surface area (Å²) >= 11 is 0. The minimum Gasteiger partial charge on any atom is -0.352 e. The van der Waals surface area contributed by atoms with Crippen LogP contribution in [0.2, 0.25) is 0 Å². The van der Waals surface area contributed by atoms with Crippen LogP contribution in [-0.4, -0.2) is 37.1 Å². The van der Waals surface area contributed by atoms with Gasteiger partial charge in [0.1, 0.15) is 13.2 Å². The molecule has 0 spiro atoms. The first-order valence-electron chi connectivity index (χ1n) is 5.69. The highest BCUT2D eigenvalue weighted by molar-refractivity contribution is 7.33. The third-order valence-corrected chi connectivity index (χ3v) is 2.30. The lowest BCUT2D eigenvalue weighted by Gasteiger charge is -2.10. The lowest BCUT2D eigenvalue weighted by Crippen LogP contribution is -2.33. The summed E-state index contributed by atoms with van der Waals surface area (Å²) in [6.07, 6.45) is 0. The van der Waals surface area contributed by atoms with Gasteiger partial charge in [0.15, 0.2) is 0 Å². The molecule has 2 N–H and O–H groups in total. The van der Waals surface area contributed by atoms with E-state index in [1.54, 1.807) is 27.7 Å². The number of amides is 2. The first-order chi connectivity index (χ1) is 8.31. The second-order valence-corrected chi connectivity index (χ2v) is 5.35. The van der Waals surface area contributed by atoms with Crippen LogP contribution in [-0.2, 0) is 23.2 Å². The Labute approximate surface area is 108 Å². The van der Waals surface area contributed by atoms with Crippen molar-refractivity contribution < 1.29 is 23.2 Å². The quantitative estimate of drug-likeness (QED) is 0.630. The Hall–Kier alpha value is -0.910. The molecule has 106 valence electrons. The van der Waals surface area contributed by atoms with Gasteiger partial charge in [0.2, 0.25) is 11.8 Å². The van der Waals surface area contributed by atoms with Crippen molar-refractivity contribution in [1.29, 1.82) is 0 Å². The van der Waals surface area contributed by atoms with E-state index in [4.69, 9.17) is 9.05 Å². The van der Waals surface area contributed by atoms with Gasteiger partial charge >= 0.3 is 8.25 Å². The zero-order chi connectivity index (χ0) is 14.1. The van der Waals surface area contributed by atoms with Crippen molar-refractivity contribution in [3.8, 4) is 0 Å². The van der Waals surface area contributed by atoms with Crippen LogP contribution in [0.15, 0.2) is 0 Å². The molecule has 8 heteroatoms. The Morgan fingerprint density at radius 2 is 1.28 bits per heavy atom. The Balaban J connectivity index is 3.72. The highest BCUT2D eigenvalue weighted by atomic mass is 31.1. The van der Waals surface area contributed by atoms with E-state index in [1.165, 1.54) is 0 Å². The van der Waals surface area contributed by atoms with Crippen LogP contribution in [0.1, 0.15) is 27.7 Å². The predicted molar refractivity (Wildman–Crippen MR) is 67.5 cm³/mol. The van der Waals surface area contributed by atoms with Gasteiger partial charge in [-0.1, -0.05) is 0 Å². The minimum atomic E-state index is -2.82. The second-order valence-electron chi connectivity index (χ2n) is 4.27. The van der Waals surface area contributed by atoms with Gasteiger partial charge in [0.05, 0.1) is 0 Å². The summed E-state index contributed by atoms with van der Waals surface area (Å²) in [4.78, 5) is 22.3. The largest absolute Gasteiger partial charge is 0.352 e. The molecule has 7 nitrogen and oxygen atoms in total. The zero-order valence-electron chi connectivity index (χ0n) is 11.1. The first-order valence-corrected chi connectivity index (χ1v) is 6.92. The lowest BCUT2D eigenvalue weighted by atomic mass is 10.4. The number of nitrogens with one attached hydrogen (secondary N) is 2. The van der Waals surface area contributed by atoms with E-state index >= 15 is 0 Å². The molecular formula is C10H21N2O5P. The second kappa shape index (κ2) is 9.08. The number of carbonyl (C=O) groups excluding carboxylic acids is 2. The van der Waals surface area contributed by atoms with Crippen molar-refractivity contribution in [2.45, 2.75) is 39.8 Å². The van der Waals surface area contributed by atoms with Crippen molar-refractivity contribution in [3.63, 3.8) is 0 Å². The minimum absolute atomic E-state index is 0.0128. The van der Waals surface area contributed by atoms with E-state index in [-0.39, 0.29) is 37.1 Å². The number of hydrogen-bond acceptors (Lipinski definition) is 5. The molecule has 0 atom stereocenters. The van der Waals surface area contributed by atoms with Crippen molar-refractivity contribution in [2.75, 3.05) is 13.2 Å². The molecular weight excluding hydrogens is 259 g/mol. The summed E-state index contributed by atoms with van der Waals surface area (Å²) in [6, 6.07) is -0.0256. The average Bonchev–Trinajstić information content (AvgIpc) is 2.21. The molecule has 0 unspecified atom stereocenters. The molecule has 2 amide bonds. The van der Waals surface area contributed by atoms with Crippen LogP contribution in [0.25, 0.3) is 0 Å². The fraction of sp³-hybridized carbons (Fsp3) is 0.800. The van der Waals surface area contributed by atoms with Crippen LogP contribution >= 0.6 is 8.25 Å². The molecule has 0 saturated heterocycles. The molecule has 0 rings (SSSR count). The maximum Gasteiger partial charge on any atom is 0.320 e. The molecule has 0 aliphatic carbocycles. The molecule has 0 aliphatic rings. The van der Waals surface area contributed by atoms with Gasteiger partial charge < -0.3 is 19.7 Å². The standard InChI is InChI=1S/C10H21N2O5P/c1-7(2)11-9(13)5-16-18(15)17-6-10(14)12-8(3)4/h7-8,18H,5-6H2,1-4H3,(H,11,13)(H,12,14). The van der Waals surface area contributed by atoms with Crippen LogP contribution in [0.4, 0.5) is 0 Å². The van der Waals surface area contributed by atoms with Crippen molar-refractivity contribution in [3.05, 3.63) is 0 Å². The van der Waals surface area contributed by atoms with Gasteiger partial charge in [0, 0.05) is 12.1 Å². The van der Waals surface area contributed by atoms with E-state index in [0.717, 1.165) is 0 Å². The molecule has 0 aromatic carbocycles. The molecule has 0 aromatic rings. The molecule has 0 saturated carbocycles. The summed E-state index contributed by atoms with van der Waals surface area (Å²) < 4.78 is 20.6. The highest BCUT2D eigenvalue weighted by Crippen LogP contribution is 2.22. The molecule has 0 fully saturated rings. The normalized spacial score (nSPS) is 11.1. The molecule has 0 radical (unpaired) electrons. The maximum atomic E-state index is 11.2. The monoisotopic (exact) mass is 280 g/mol. The van der Waals surface area contributed by atoms with Gasteiger partial charge in [-0.15, -0.1) is 0 Å². The Morgan fingerprint density at radius 1 is 0.944 bits per heavy atom. The fourth-order valence-electron chi connectivity index (χ4n) is 1.02. The number of carbonyl (C=O) groups is 2. The average molecular weight is 280 g/mol. The van der Waals surface area contributed by atoms with E-state index in [2.05, 4.69) is 10.6 Å². The van der Waals surface area contributed by atoms with Crippen LogP contribution < -0.4 is 10.6 Å². The zero-order valence-corrected chi connectivity index (χ0v) is 12.1. The third kappa shape index (κ3) is 10.3. The van der Waals surface area contributed by atoms with E-state index in [0.29, 0.717) is 0 Å². The van der Waals surface area contributed by atoms with Gasteiger partial charge in [0.25, 0.3) is 0 Å². The van der Waals surface area contributed by atoms with Crippen LogP contribution in [0.5, 0.6) is 0 Å². The van der Waals surface area contributed by atoms with Crippen molar-refractivity contribution in [1.82, 2.24) is 10.6 Å². The summed E-state index contributed by atoms with van der Waals surface area (Å²) in [7, 11) is -2.82. The molecule has 18 heavy (non-hydrogen) atoms. The predicted octanol–water partition coefficient (Wildman–Crippen LogP) is 0.458. The van der Waals surface area contributed by atoms with E-state index in [9.17, 15) is 14.2 Å². The molecule has 0 aromatic heterocycles. The fourth-order valence-corrected chi connectivity index (χ4v) is 1.60. The van der Waals surface area contributed by atoms with Gasteiger partial charge in [-0.2, -0.15) is 0 Å². The summed E-state index contributed by atoms with van der Waals surface area (Å²) in [6.45, 7) is 6.51. The van der Waals surface area contributed by atoms with Crippen LogP contribution in [0, 0.1) is 0 Å². The molecule has 0 aliphatic heterocycles. The number of rotatable bonds is 8. The van der Waals surface area contributed by atoms with Crippen molar-refractivity contribution in [2.24, 2.45) is 0 Å². The highest BCUT2D eigenvalue weighted by Gasteiger charge is 2.09. The maximum absolute atomic E-state index is 11.2. The van der Waals surface area contributed by atoms with Gasteiger partial charge in [-0.3, -0.25) is 14.2 Å². The molecule has 0 heterocycles. The SMILES string of the molecule is CC(C)NC(=O)CO[PH](=O)OCC(=O)NC(C)C. The topological polar surface area (TPSA) is 93.7 Å².